The maximum atomic E-state index is 14.9. The third-order valence-corrected chi connectivity index (χ3v) is 10.9. The fourth-order valence-corrected chi connectivity index (χ4v) is 7.96. The van der Waals surface area contributed by atoms with E-state index in [9.17, 15) is 46.1 Å². The Balaban J connectivity index is 1.46. The van der Waals surface area contributed by atoms with Crippen LogP contribution >= 0.6 is 11.3 Å². The number of para-hydroxylation sites is 1. The van der Waals surface area contributed by atoms with Crippen LogP contribution in [0.5, 0.6) is 11.5 Å². The number of carbonyl (C=O) groups excluding carboxylic acids is 2. The number of hydrogen-bond donors (Lipinski definition) is 2. The summed E-state index contributed by atoms with van der Waals surface area (Å²) < 4.78 is 95.4. The molecule has 16 heteroatoms. The highest BCUT2D eigenvalue weighted by Crippen LogP contribution is 2.44. The smallest absolute Gasteiger partial charge is 0.425 e. The molecule has 2 atom stereocenters. The zero-order chi connectivity index (χ0) is 39.3. The molecule has 2 aromatic heterocycles. The van der Waals surface area contributed by atoms with Gasteiger partial charge in [-0.15, -0.1) is 11.3 Å². The van der Waals surface area contributed by atoms with E-state index in [4.69, 9.17) is 9.47 Å². The van der Waals surface area contributed by atoms with Crippen molar-refractivity contribution < 1.29 is 55.6 Å². The Hall–Kier alpha value is -4.31. The molecule has 2 saturated heterocycles. The van der Waals surface area contributed by atoms with Crippen molar-refractivity contribution in [1.29, 1.82) is 0 Å². The Kier molecular flexibility index (Phi) is 12.6. The van der Waals surface area contributed by atoms with Crippen LogP contribution in [0, 0.1) is 0 Å². The molecule has 9 nitrogen and oxygen atoms in total. The molecule has 0 spiro atoms. The van der Waals surface area contributed by atoms with Crippen LogP contribution in [0.4, 0.5) is 26.3 Å². The van der Waals surface area contributed by atoms with E-state index in [1.807, 2.05) is 0 Å². The van der Waals surface area contributed by atoms with E-state index in [1.54, 1.807) is 31.2 Å². The monoisotopic (exact) mass is 783 g/mol. The molecule has 0 aliphatic carbocycles. The molecule has 0 bridgehead atoms. The second-order valence-corrected chi connectivity index (χ2v) is 14.5. The molecule has 2 aliphatic heterocycles. The lowest BCUT2D eigenvalue weighted by Gasteiger charge is -2.51. The van der Waals surface area contributed by atoms with Crippen LogP contribution in [0.3, 0.4) is 0 Å². The number of aliphatic hydroxyl groups excluding tert-OH is 1. The van der Waals surface area contributed by atoms with Crippen molar-refractivity contribution in [3.8, 4) is 11.5 Å². The molecule has 2 fully saturated rings. The Morgan fingerprint density at radius 2 is 1.74 bits per heavy atom. The largest absolute Gasteiger partial charge is 0.513 e. The minimum atomic E-state index is -4.91. The van der Waals surface area contributed by atoms with Gasteiger partial charge in [-0.25, -0.2) is 0 Å². The van der Waals surface area contributed by atoms with Crippen LogP contribution in [0.15, 0.2) is 66.4 Å². The number of ether oxygens (including phenoxy) is 2. The number of aromatic nitrogens is 1. The fourth-order valence-electron chi connectivity index (χ4n) is 7.28. The van der Waals surface area contributed by atoms with Gasteiger partial charge in [-0.1, -0.05) is 38.1 Å². The number of likely N-dealkylation sites (tertiary alicyclic amines) is 2. The Morgan fingerprint density at radius 3 is 2.39 bits per heavy atom. The second-order valence-electron chi connectivity index (χ2n) is 13.6. The fraction of sp³-hybridized carbons (Fsp3) is 0.500. The van der Waals surface area contributed by atoms with Crippen LogP contribution < -0.4 is 9.47 Å². The van der Waals surface area contributed by atoms with Gasteiger partial charge in [0.25, 0.3) is 11.8 Å². The van der Waals surface area contributed by atoms with Gasteiger partial charge in [-0.05, 0) is 56.7 Å². The van der Waals surface area contributed by atoms with Crippen molar-refractivity contribution >= 4 is 23.2 Å². The lowest BCUT2D eigenvalue weighted by atomic mass is 9.78. The zero-order valence-corrected chi connectivity index (χ0v) is 30.5. The third kappa shape index (κ3) is 8.96. The number of alkyl halides is 6. The molecular formula is C38H43F6N3O6S. The average molecular weight is 784 g/mol. The number of benzene rings is 1. The van der Waals surface area contributed by atoms with Gasteiger partial charge in [0.15, 0.2) is 0 Å². The number of carbonyl (C=O) groups is 2. The number of unbranched alkanes of at least 4 members (excludes halogenated alkanes) is 1. The Bertz CT molecular complexity index is 1790. The number of rotatable bonds is 13. The van der Waals surface area contributed by atoms with Gasteiger partial charge >= 0.3 is 12.4 Å². The van der Waals surface area contributed by atoms with E-state index < -0.39 is 57.5 Å². The summed E-state index contributed by atoms with van der Waals surface area (Å²) in [5.41, 5.74) is -4.98. The van der Waals surface area contributed by atoms with Crippen molar-refractivity contribution in [2.75, 3.05) is 26.2 Å². The number of piperidine rings is 2. The average Bonchev–Trinajstić information content (AvgIpc) is 3.61. The van der Waals surface area contributed by atoms with E-state index in [-0.39, 0.29) is 63.2 Å². The Labute approximate surface area is 313 Å². The molecular weight excluding hydrogens is 740 g/mol. The summed E-state index contributed by atoms with van der Waals surface area (Å²) >= 11 is 0.372. The van der Waals surface area contributed by atoms with E-state index in [2.05, 4.69) is 11.6 Å². The van der Waals surface area contributed by atoms with Crippen molar-refractivity contribution in [2.45, 2.75) is 94.3 Å². The Morgan fingerprint density at radius 1 is 1.02 bits per heavy atom. The first-order valence-corrected chi connectivity index (χ1v) is 18.7. The maximum absolute atomic E-state index is 14.9. The molecule has 0 saturated carbocycles. The molecule has 1 aromatic carbocycles. The van der Waals surface area contributed by atoms with Gasteiger partial charge in [-0.3, -0.25) is 14.6 Å². The van der Waals surface area contributed by atoms with Crippen molar-refractivity contribution in [3.63, 3.8) is 0 Å². The lowest BCUT2D eigenvalue weighted by Crippen LogP contribution is -2.68. The van der Waals surface area contributed by atoms with Gasteiger partial charge in [0.2, 0.25) is 5.60 Å². The summed E-state index contributed by atoms with van der Waals surface area (Å²) in [6.07, 6.45) is -6.23. The number of allylic oxidation sites excluding steroid dienone is 1. The summed E-state index contributed by atoms with van der Waals surface area (Å²) in [6.45, 7) is 5.50. The molecule has 3 aromatic rings. The lowest BCUT2D eigenvalue weighted by molar-refractivity contribution is -0.163. The highest BCUT2D eigenvalue weighted by atomic mass is 32.1. The molecule has 2 N–H and O–H groups in total. The van der Waals surface area contributed by atoms with E-state index in [1.165, 1.54) is 4.90 Å². The van der Waals surface area contributed by atoms with Crippen molar-refractivity contribution in [2.24, 2.45) is 0 Å². The van der Waals surface area contributed by atoms with Gasteiger partial charge in [0.1, 0.15) is 22.1 Å². The summed E-state index contributed by atoms with van der Waals surface area (Å²) in [6, 6.07) is 8.37. The highest BCUT2D eigenvalue weighted by Gasteiger charge is 2.56. The van der Waals surface area contributed by atoms with E-state index >= 15 is 0 Å². The quantitative estimate of drug-likeness (QED) is 0.102. The normalized spacial score (nSPS) is 20.4. The van der Waals surface area contributed by atoms with Crippen LogP contribution in [-0.2, 0) is 22.7 Å². The van der Waals surface area contributed by atoms with Gasteiger partial charge in [0.05, 0.1) is 29.6 Å². The molecule has 54 heavy (non-hydrogen) atoms. The number of pyridine rings is 1. The molecule has 2 aliphatic rings. The first kappa shape index (κ1) is 40.9. The number of amides is 2. The number of nitrogens with zero attached hydrogens (tertiary/aromatic N) is 3. The van der Waals surface area contributed by atoms with E-state index in [0.717, 1.165) is 34.7 Å². The minimum Gasteiger partial charge on any atom is -0.513 e. The first-order chi connectivity index (χ1) is 25.5. The summed E-state index contributed by atoms with van der Waals surface area (Å²) in [5.74, 6) is -1.44. The topological polar surface area (TPSA) is 112 Å². The maximum Gasteiger partial charge on any atom is 0.425 e. The predicted octanol–water partition coefficient (Wildman–Crippen LogP) is 8.53. The molecule has 294 valence electrons. The standard InChI is InChI=1S/C38H43F6N3O6S/c1-3-10-30-36(53-26-23-31(54-24-26)38(42,43)44,15-9-19-47(30)33(49)32-28(37(39,40)41)13-8-18-45-32)34(50)46-20-16-35(51,17-21-46)27-12-4-5-14-29(27)52-22-7-6-11-25(2)48/h4-5,8,12-14,18,23-24,30,48,51H,2-3,6-7,9-11,15-17,19-22H2,1H3/t30-,36+/m1/s1. The molecule has 0 unspecified atom stereocenters. The molecule has 2 amide bonds. The third-order valence-electron chi connectivity index (χ3n) is 9.90. The summed E-state index contributed by atoms with van der Waals surface area (Å²) in [4.78, 5) is 34.3. The SMILES string of the molecule is C=C(O)CCCCOc1ccccc1C1(O)CCN(C(=O)[C@]2(Oc3csc(C(F)(F)F)c3)CCCN(C(=O)c3ncccc3C(F)(F)F)[C@@H]2CCC)CC1. The minimum absolute atomic E-state index is 0.00389. The van der Waals surface area contributed by atoms with Crippen LogP contribution in [-0.4, -0.2) is 74.7 Å². The van der Waals surface area contributed by atoms with Gasteiger partial charge in [-0.2, -0.15) is 26.3 Å². The van der Waals surface area contributed by atoms with Crippen molar-refractivity contribution in [1.82, 2.24) is 14.8 Å². The number of thiophene rings is 1. The molecule has 5 rings (SSSR count). The summed E-state index contributed by atoms with van der Waals surface area (Å²) in [5, 5.41) is 22.4. The van der Waals surface area contributed by atoms with Gasteiger partial charge in [0, 0.05) is 55.7 Å². The number of halogens is 6. The number of hydrogen-bond acceptors (Lipinski definition) is 8. The van der Waals surface area contributed by atoms with E-state index in [0.29, 0.717) is 54.9 Å². The zero-order valence-electron chi connectivity index (χ0n) is 29.7. The second kappa shape index (κ2) is 16.6. The first-order valence-electron chi connectivity index (χ1n) is 17.8. The summed E-state index contributed by atoms with van der Waals surface area (Å²) in [7, 11) is 0. The van der Waals surface area contributed by atoms with Crippen LogP contribution in [0.2, 0.25) is 0 Å². The molecule has 4 heterocycles. The van der Waals surface area contributed by atoms with Crippen LogP contribution in [0.25, 0.3) is 0 Å². The number of aliphatic hydroxyl groups is 2. The highest BCUT2D eigenvalue weighted by molar-refractivity contribution is 7.10. The van der Waals surface area contributed by atoms with Gasteiger partial charge < -0.3 is 29.5 Å². The molecule has 0 radical (unpaired) electrons. The van der Waals surface area contributed by atoms with Crippen LogP contribution in [0.1, 0.15) is 91.2 Å². The van der Waals surface area contributed by atoms with Crippen molar-refractivity contribution in [3.05, 3.63) is 88.1 Å². The predicted molar refractivity (Wildman–Crippen MR) is 188 cm³/mol.